The highest BCUT2D eigenvalue weighted by atomic mass is 35.5. The van der Waals surface area contributed by atoms with Crippen LogP contribution in [0.15, 0.2) is 12.7 Å². The molecule has 4 rings (SSSR count). The second-order valence-corrected chi connectivity index (χ2v) is 13.6. The second kappa shape index (κ2) is 11.3. The van der Waals surface area contributed by atoms with Gasteiger partial charge in [-0.15, -0.1) is 19.0 Å². The van der Waals surface area contributed by atoms with Gasteiger partial charge in [-0.1, -0.05) is 33.3 Å². The number of aliphatic hydroxyl groups is 3. The molecule has 2 aliphatic carbocycles. The number of carbonyl (C=O) groups excluding carboxylic acids is 2. The standard InChI is InChI=1S/C30H49NO7.ClH/c1-7-27(4)19-21(33)30(36)28(5)20(32)14-15-26(2,3)24(28)23(25(35)29(30,6)38-27)37-22(34)13-9-12-18-31-16-10-8-11-17-31;/h7,20,23-25,32,35-36H,1,8-19H2,2-6H3;1H/t20-,23?,24?,25?,27-,28?,29+,30-;/m0./s1. The summed E-state index contributed by atoms with van der Waals surface area (Å²) >= 11 is 0. The van der Waals surface area contributed by atoms with Gasteiger partial charge in [0, 0.05) is 24.2 Å². The summed E-state index contributed by atoms with van der Waals surface area (Å²) in [5.74, 6) is -1.60. The van der Waals surface area contributed by atoms with E-state index in [1.807, 2.05) is 13.8 Å². The first kappa shape index (κ1) is 32.5. The van der Waals surface area contributed by atoms with Crippen LogP contribution in [0.3, 0.4) is 0 Å². The summed E-state index contributed by atoms with van der Waals surface area (Å²) in [7, 11) is 0. The summed E-state index contributed by atoms with van der Waals surface area (Å²) in [5.41, 5.74) is -7.10. The molecule has 3 N–H and O–H groups in total. The van der Waals surface area contributed by atoms with Gasteiger partial charge in [0.25, 0.3) is 0 Å². The third-order valence-corrected chi connectivity index (χ3v) is 10.6. The average molecular weight is 572 g/mol. The SMILES string of the molecule is C=C[C@@]1(C)CC(=O)[C@]2(O)C3(C)C(C(OC(=O)CCCCN4CCCCC4)C(O)[C@@]2(C)O1)C(C)(C)CC[C@@H]3O.Cl. The zero-order valence-electron chi connectivity index (χ0n) is 24.4. The second-order valence-electron chi connectivity index (χ2n) is 13.6. The van der Waals surface area contributed by atoms with Crippen molar-refractivity contribution in [3.8, 4) is 0 Å². The van der Waals surface area contributed by atoms with Crippen LogP contribution in [0, 0.1) is 16.7 Å². The Hall–Kier alpha value is -1.03. The molecule has 0 aromatic carbocycles. The fourth-order valence-electron chi connectivity index (χ4n) is 8.40. The van der Waals surface area contributed by atoms with Gasteiger partial charge in [-0.25, -0.2) is 0 Å². The predicted molar refractivity (Wildman–Crippen MR) is 151 cm³/mol. The number of unbranched alkanes of at least 4 members (excludes halogenated alkanes) is 1. The largest absolute Gasteiger partial charge is 0.459 e. The topological polar surface area (TPSA) is 117 Å². The minimum absolute atomic E-state index is 0. The van der Waals surface area contributed by atoms with Gasteiger partial charge in [-0.05, 0) is 77.4 Å². The lowest BCUT2D eigenvalue weighted by Crippen LogP contribution is -2.86. The van der Waals surface area contributed by atoms with Crippen molar-refractivity contribution in [2.45, 2.75) is 128 Å². The first-order valence-corrected chi connectivity index (χ1v) is 14.5. The molecule has 0 spiro atoms. The van der Waals surface area contributed by atoms with Crippen LogP contribution in [-0.4, -0.2) is 86.7 Å². The van der Waals surface area contributed by atoms with Crippen molar-refractivity contribution < 1.29 is 34.4 Å². The first-order valence-electron chi connectivity index (χ1n) is 14.5. The van der Waals surface area contributed by atoms with Gasteiger partial charge >= 0.3 is 5.97 Å². The van der Waals surface area contributed by atoms with E-state index in [0.29, 0.717) is 19.3 Å². The number of hydrogen-bond donors (Lipinski definition) is 3. The lowest BCUT2D eigenvalue weighted by molar-refractivity contribution is -0.370. The van der Waals surface area contributed by atoms with Crippen molar-refractivity contribution in [2.24, 2.45) is 16.7 Å². The number of ether oxygens (including phenoxy) is 2. The number of ketones is 1. The van der Waals surface area contributed by atoms with Gasteiger partial charge in [-0.3, -0.25) is 9.59 Å². The van der Waals surface area contributed by atoms with Gasteiger partial charge in [0.2, 0.25) is 0 Å². The van der Waals surface area contributed by atoms with E-state index in [4.69, 9.17) is 9.47 Å². The molecule has 0 aromatic heterocycles. The van der Waals surface area contributed by atoms with Crippen LogP contribution in [0.4, 0.5) is 0 Å². The maximum absolute atomic E-state index is 13.8. The number of carbonyl (C=O) groups is 2. The molecule has 0 radical (unpaired) electrons. The highest BCUT2D eigenvalue weighted by Gasteiger charge is 2.81. The number of nitrogens with zero attached hydrogens (tertiary/aromatic N) is 1. The van der Waals surface area contributed by atoms with Gasteiger partial charge in [0.05, 0.1) is 11.7 Å². The van der Waals surface area contributed by atoms with E-state index in [-0.39, 0.29) is 25.2 Å². The molecule has 0 aromatic rings. The molecule has 224 valence electrons. The van der Waals surface area contributed by atoms with Crippen molar-refractivity contribution >= 4 is 24.2 Å². The van der Waals surface area contributed by atoms with Crippen LogP contribution in [0.5, 0.6) is 0 Å². The zero-order chi connectivity index (χ0) is 28.1. The monoisotopic (exact) mass is 571 g/mol. The van der Waals surface area contributed by atoms with Crippen LogP contribution in [0.1, 0.15) is 92.4 Å². The zero-order valence-corrected chi connectivity index (χ0v) is 25.2. The number of likely N-dealkylation sites (tertiary alicyclic amines) is 1. The fourth-order valence-corrected chi connectivity index (χ4v) is 8.40. The molecule has 0 bridgehead atoms. The van der Waals surface area contributed by atoms with E-state index in [9.17, 15) is 24.9 Å². The average Bonchev–Trinajstić information content (AvgIpc) is 2.86. The van der Waals surface area contributed by atoms with Gasteiger partial charge in [0.1, 0.15) is 17.8 Å². The maximum Gasteiger partial charge on any atom is 0.306 e. The highest BCUT2D eigenvalue weighted by Crippen LogP contribution is 2.67. The van der Waals surface area contributed by atoms with Crippen molar-refractivity contribution in [1.82, 2.24) is 4.90 Å². The molecule has 2 saturated carbocycles. The number of esters is 1. The van der Waals surface area contributed by atoms with Crippen molar-refractivity contribution in [2.75, 3.05) is 19.6 Å². The number of Topliss-reactive ketones (excluding diaryl/α,β-unsaturated/α-hetero) is 1. The van der Waals surface area contributed by atoms with E-state index in [1.165, 1.54) is 32.3 Å². The highest BCUT2D eigenvalue weighted by molar-refractivity contribution is 5.92. The summed E-state index contributed by atoms with van der Waals surface area (Å²) in [4.78, 5) is 29.4. The number of rotatable bonds is 7. The van der Waals surface area contributed by atoms with Crippen LogP contribution < -0.4 is 0 Å². The maximum atomic E-state index is 13.8. The number of halogens is 1. The molecule has 4 unspecified atom stereocenters. The lowest BCUT2D eigenvalue weighted by Gasteiger charge is -2.71. The molecule has 2 aliphatic heterocycles. The normalized spacial score (nSPS) is 43.9. The van der Waals surface area contributed by atoms with Crippen LogP contribution >= 0.6 is 12.4 Å². The first-order chi connectivity index (χ1) is 17.7. The van der Waals surface area contributed by atoms with Crippen molar-refractivity contribution in [3.63, 3.8) is 0 Å². The van der Waals surface area contributed by atoms with E-state index in [2.05, 4.69) is 11.5 Å². The molecule has 2 saturated heterocycles. The van der Waals surface area contributed by atoms with Gasteiger partial charge in [-0.2, -0.15) is 0 Å². The minimum Gasteiger partial charge on any atom is -0.459 e. The third kappa shape index (κ3) is 5.12. The Labute approximate surface area is 239 Å². The molecule has 4 fully saturated rings. The Morgan fingerprint density at radius 3 is 2.38 bits per heavy atom. The van der Waals surface area contributed by atoms with Crippen LogP contribution in [-0.2, 0) is 19.1 Å². The van der Waals surface area contributed by atoms with E-state index in [1.54, 1.807) is 13.8 Å². The fraction of sp³-hybridized carbons (Fsp3) is 0.867. The smallest absolute Gasteiger partial charge is 0.306 e. The number of aliphatic hydroxyl groups excluding tert-OH is 2. The summed E-state index contributed by atoms with van der Waals surface area (Å²) < 4.78 is 12.4. The minimum atomic E-state index is -2.19. The summed E-state index contributed by atoms with van der Waals surface area (Å²) in [6.45, 7) is 15.9. The number of hydrogen-bond acceptors (Lipinski definition) is 8. The molecule has 0 amide bonds. The van der Waals surface area contributed by atoms with E-state index < -0.39 is 63.6 Å². The van der Waals surface area contributed by atoms with E-state index >= 15 is 0 Å². The summed E-state index contributed by atoms with van der Waals surface area (Å²) in [6.07, 6.45) is 4.25. The van der Waals surface area contributed by atoms with Crippen LogP contribution in [0.2, 0.25) is 0 Å². The Morgan fingerprint density at radius 1 is 1.13 bits per heavy atom. The molecule has 4 aliphatic rings. The molecule has 2 heterocycles. The molecular formula is C30H50ClNO7. The Kier molecular flexibility index (Phi) is 9.44. The third-order valence-electron chi connectivity index (χ3n) is 10.6. The Bertz CT molecular complexity index is 938. The van der Waals surface area contributed by atoms with Crippen molar-refractivity contribution in [3.05, 3.63) is 12.7 Å². The number of fused-ring (bicyclic) bond motifs is 3. The molecule has 9 heteroatoms. The van der Waals surface area contributed by atoms with Gasteiger partial charge < -0.3 is 29.7 Å². The van der Waals surface area contributed by atoms with Gasteiger partial charge in [0.15, 0.2) is 11.4 Å². The number of piperidine rings is 1. The molecular weight excluding hydrogens is 522 g/mol. The molecule has 39 heavy (non-hydrogen) atoms. The Morgan fingerprint density at radius 2 is 1.77 bits per heavy atom. The predicted octanol–water partition coefficient (Wildman–Crippen LogP) is 3.58. The molecule has 8 atom stereocenters. The van der Waals surface area contributed by atoms with E-state index in [0.717, 1.165) is 26.1 Å². The molecule has 8 nitrogen and oxygen atoms in total. The Balaban J connectivity index is 0.00000420. The summed E-state index contributed by atoms with van der Waals surface area (Å²) in [6, 6.07) is 0. The quantitative estimate of drug-likeness (QED) is 0.241. The van der Waals surface area contributed by atoms with Crippen molar-refractivity contribution in [1.29, 1.82) is 0 Å². The van der Waals surface area contributed by atoms with Crippen LogP contribution in [0.25, 0.3) is 0 Å². The lowest BCUT2D eigenvalue weighted by atomic mass is 9.40. The summed E-state index contributed by atoms with van der Waals surface area (Å²) in [5, 5.41) is 35.6.